The number of likely N-dealkylation sites (tertiary alicyclic amines) is 1. The Hall–Kier alpha value is -3.32. The van der Waals surface area contributed by atoms with E-state index >= 15 is 0 Å². The molecule has 4 rings (SSSR count). The summed E-state index contributed by atoms with van der Waals surface area (Å²) in [5.74, 6) is -1.17. The van der Waals surface area contributed by atoms with Crippen LogP contribution in [0.2, 0.25) is 0 Å². The van der Waals surface area contributed by atoms with Gasteiger partial charge in [0.2, 0.25) is 5.91 Å². The summed E-state index contributed by atoms with van der Waals surface area (Å²) in [5.41, 5.74) is 2.11. The predicted molar refractivity (Wildman–Crippen MR) is 115 cm³/mol. The minimum atomic E-state index is -0.960. The fraction of sp³-hybridized carbons (Fsp3) is 0.280. The summed E-state index contributed by atoms with van der Waals surface area (Å²) in [7, 11) is 1.59. The molecule has 5 nitrogen and oxygen atoms in total. The molecule has 2 aromatic carbocycles. The first-order valence-electron chi connectivity index (χ1n) is 10.5. The molecule has 0 N–H and O–H groups in total. The third-order valence-corrected chi connectivity index (χ3v) is 5.62. The summed E-state index contributed by atoms with van der Waals surface area (Å²) in [4.78, 5) is 18.6. The minimum Gasteiger partial charge on any atom is -0.497 e. The van der Waals surface area contributed by atoms with Crippen LogP contribution >= 0.6 is 0 Å². The van der Waals surface area contributed by atoms with Crippen LogP contribution in [0, 0.1) is 11.6 Å². The topological polar surface area (TPSA) is 51.7 Å². The van der Waals surface area contributed by atoms with Crippen molar-refractivity contribution in [2.45, 2.75) is 31.6 Å². The van der Waals surface area contributed by atoms with E-state index in [0.29, 0.717) is 18.5 Å². The molecule has 0 unspecified atom stereocenters. The highest BCUT2D eigenvalue weighted by Crippen LogP contribution is 2.40. The van der Waals surface area contributed by atoms with Gasteiger partial charge in [-0.1, -0.05) is 24.3 Å². The molecule has 2 heterocycles. The number of pyridine rings is 1. The van der Waals surface area contributed by atoms with Gasteiger partial charge in [0.05, 0.1) is 19.8 Å². The van der Waals surface area contributed by atoms with E-state index in [0.717, 1.165) is 35.4 Å². The SMILES string of the molecule is COc1ccc(CO[C@@H](c2ccc(F)c(F)c2)[C@@H](c2cccnc2)N2CCCC2=O)cc1. The summed E-state index contributed by atoms with van der Waals surface area (Å²) >= 11 is 0. The molecule has 0 radical (unpaired) electrons. The monoisotopic (exact) mass is 438 g/mol. The van der Waals surface area contributed by atoms with E-state index < -0.39 is 23.8 Å². The first-order chi connectivity index (χ1) is 15.6. The van der Waals surface area contributed by atoms with Crippen LogP contribution in [0.4, 0.5) is 8.78 Å². The maximum absolute atomic E-state index is 14.2. The minimum absolute atomic E-state index is 0.000478. The Kier molecular flexibility index (Phi) is 6.75. The molecule has 0 aliphatic carbocycles. The predicted octanol–water partition coefficient (Wildman–Crippen LogP) is 4.99. The zero-order chi connectivity index (χ0) is 22.5. The van der Waals surface area contributed by atoms with Gasteiger partial charge in [0.15, 0.2) is 11.6 Å². The van der Waals surface area contributed by atoms with Crippen molar-refractivity contribution in [3.8, 4) is 5.75 Å². The number of hydrogen-bond donors (Lipinski definition) is 0. The first kappa shape index (κ1) is 21.9. The molecule has 32 heavy (non-hydrogen) atoms. The number of carbonyl (C=O) groups excluding carboxylic acids is 1. The van der Waals surface area contributed by atoms with Crippen molar-refractivity contribution in [3.63, 3.8) is 0 Å². The fourth-order valence-corrected chi connectivity index (χ4v) is 4.00. The number of amides is 1. The lowest BCUT2D eigenvalue weighted by atomic mass is 9.95. The zero-order valence-corrected chi connectivity index (χ0v) is 17.7. The van der Waals surface area contributed by atoms with Gasteiger partial charge in [0.25, 0.3) is 0 Å². The molecule has 1 aromatic heterocycles. The van der Waals surface area contributed by atoms with Crippen molar-refractivity contribution in [3.05, 3.63) is 95.3 Å². The van der Waals surface area contributed by atoms with Crippen LogP contribution in [-0.2, 0) is 16.1 Å². The molecule has 166 valence electrons. The van der Waals surface area contributed by atoms with Gasteiger partial charge in [0, 0.05) is 25.4 Å². The zero-order valence-electron chi connectivity index (χ0n) is 17.7. The Labute approximate surface area is 185 Å². The Morgan fingerprint density at radius 1 is 1.06 bits per heavy atom. The van der Waals surface area contributed by atoms with Crippen molar-refractivity contribution in [1.82, 2.24) is 9.88 Å². The average molecular weight is 438 g/mol. The molecule has 1 saturated heterocycles. The number of carbonyl (C=O) groups is 1. The second-order valence-corrected chi connectivity index (χ2v) is 7.68. The summed E-state index contributed by atoms with van der Waals surface area (Å²) in [6.45, 7) is 0.775. The molecule has 7 heteroatoms. The maximum Gasteiger partial charge on any atom is 0.223 e. The molecule has 2 atom stereocenters. The summed E-state index contributed by atoms with van der Waals surface area (Å²) in [6.07, 6.45) is 3.79. The number of ether oxygens (including phenoxy) is 2. The van der Waals surface area contributed by atoms with Gasteiger partial charge >= 0.3 is 0 Å². The van der Waals surface area contributed by atoms with E-state index in [1.165, 1.54) is 6.07 Å². The molecule has 0 bridgehead atoms. The molecule has 0 saturated carbocycles. The van der Waals surface area contributed by atoms with Gasteiger partial charge in [-0.15, -0.1) is 0 Å². The van der Waals surface area contributed by atoms with E-state index in [1.807, 2.05) is 30.3 Å². The number of methoxy groups -OCH3 is 1. The highest BCUT2D eigenvalue weighted by molar-refractivity contribution is 5.78. The largest absolute Gasteiger partial charge is 0.497 e. The number of aromatic nitrogens is 1. The van der Waals surface area contributed by atoms with Crippen molar-refractivity contribution in [2.75, 3.05) is 13.7 Å². The normalized spacial score (nSPS) is 15.6. The van der Waals surface area contributed by atoms with Gasteiger partial charge in [0.1, 0.15) is 11.9 Å². The number of halogens is 2. The van der Waals surface area contributed by atoms with Gasteiger partial charge in [-0.2, -0.15) is 0 Å². The fourth-order valence-electron chi connectivity index (χ4n) is 4.00. The van der Waals surface area contributed by atoms with Crippen molar-refractivity contribution in [2.24, 2.45) is 0 Å². The lowest BCUT2D eigenvalue weighted by Gasteiger charge is -2.35. The van der Waals surface area contributed by atoms with Gasteiger partial charge in [-0.3, -0.25) is 9.78 Å². The third kappa shape index (κ3) is 4.78. The lowest BCUT2D eigenvalue weighted by Crippen LogP contribution is -2.35. The van der Waals surface area contributed by atoms with Crippen molar-refractivity contribution in [1.29, 1.82) is 0 Å². The highest BCUT2D eigenvalue weighted by Gasteiger charge is 2.36. The summed E-state index contributed by atoms with van der Waals surface area (Å²) < 4.78 is 39.3. The Balaban J connectivity index is 1.72. The van der Waals surface area contributed by atoms with Crippen LogP contribution < -0.4 is 4.74 Å². The van der Waals surface area contributed by atoms with Gasteiger partial charge in [-0.25, -0.2) is 8.78 Å². The van der Waals surface area contributed by atoms with E-state index in [2.05, 4.69) is 4.98 Å². The Bertz CT molecular complexity index is 1060. The van der Waals surface area contributed by atoms with Gasteiger partial charge in [-0.05, 0) is 53.4 Å². The molecule has 1 aliphatic heterocycles. The second kappa shape index (κ2) is 9.87. The first-order valence-corrected chi connectivity index (χ1v) is 10.5. The number of rotatable bonds is 8. The third-order valence-electron chi connectivity index (χ3n) is 5.62. The van der Waals surface area contributed by atoms with Crippen LogP contribution in [0.5, 0.6) is 5.75 Å². The number of hydrogen-bond acceptors (Lipinski definition) is 4. The van der Waals surface area contributed by atoms with Crippen LogP contribution in [-0.4, -0.2) is 29.4 Å². The molecule has 0 spiro atoms. The van der Waals surface area contributed by atoms with Crippen molar-refractivity contribution >= 4 is 5.91 Å². The summed E-state index contributed by atoms with van der Waals surface area (Å²) in [6, 6.07) is 14.3. The van der Waals surface area contributed by atoms with E-state index in [-0.39, 0.29) is 12.5 Å². The smallest absolute Gasteiger partial charge is 0.223 e. The number of benzene rings is 2. The Morgan fingerprint density at radius 3 is 2.50 bits per heavy atom. The van der Waals surface area contributed by atoms with Crippen LogP contribution in [0.1, 0.15) is 41.7 Å². The van der Waals surface area contributed by atoms with Crippen LogP contribution in [0.15, 0.2) is 67.0 Å². The van der Waals surface area contributed by atoms with E-state index in [4.69, 9.17) is 9.47 Å². The Morgan fingerprint density at radius 2 is 1.88 bits per heavy atom. The number of nitrogens with zero attached hydrogens (tertiary/aromatic N) is 2. The molecule has 1 aliphatic rings. The molecular weight excluding hydrogens is 414 g/mol. The maximum atomic E-state index is 14.2. The standard InChI is InChI=1S/C25H24F2N2O3/c1-31-20-9-6-17(7-10-20)16-32-25(18-8-11-21(26)22(27)14-18)24(19-4-2-12-28-15-19)29-13-3-5-23(29)30/h2,4,6-12,14-15,24-25H,3,5,13,16H2,1H3/t24-,25+/m1/s1. The van der Waals surface area contributed by atoms with Crippen molar-refractivity contribution < 1.29 is 23.0 Å². The highest BCUT2D eigenvalue weighted by atomic mass is 19.2. The van der Waals surface area contributed by atoms with Gasteiger partial charge < -0.3 is 14.4 Å². The summed E-state index contributed by atoms with van der Waals surface area (Å²) in [5, 5.41) is 0. The second-order valence-electron chi connectivity index (χ2n) is 7.68. The van der Waals surface area contributed by atoms with E-state index in [9.17, 15) is 13.6 Å². The van der Waals surface area contributed by atoms with E-state index in [1.54, 1.807) is 30.5 Å². The molecule has 1 amide bonds. The van der Waals surface area contributed by atoms with Crippen LogP contribution in [0.3, 0.4) is 0 Å². The molecule has 3 aromatic rings. The average Bonchev–Trinajstić information content (AvgIpc) is 3.24. The quantitative estimate of drug-likeness (QED) is 0.497. The van der Waals surface area contributed by atoms with Crippen LogP contribution in [0.25, 0.3) is 0 Å². The lowest BCUT2D eigenvalue weighted by molar-refractivity contribution is -0.134. The molecular formula is C25H24F2N2O3. The molecule has 1 fully saturated rings.